The minimum atomic E-state index is -3.56. The predicted molar refractivity (Wildman–Crippen MR) is 81.2 cm³/mol. The number of nitrogens with one attached hydrogen (secondary N) is 2. The Hall–Kier alpha value is -1.85. The molecule has 0 saturated heterocycles. The lowest BCUT2D eigenvalue weighted by Gasteiger charge is -2.16. The summed E-state index contributed by atoms with van der Waals surface area (Å²) < 4.78 is 27.6. The van der Waals surface area contributed by atoms with Crippen LogP contribution in [-0.4, -0.2) is 15.5 Å². The average Bonchev–Trinajstić information content (AvgIpc) is 2.47. The summed E-state index contributed by atoms with van der Waals surface area (Å²) >= 11 is 0. The van der Waals surface area contributed by atoms with Gasteiger partial charge in [-0.3, -0.25) is 0 Å². The summed E-state index contributed by atoms with van der Waals surface area (Å²) in [5.74, 6) is 0. The van der Waals surface area contributed by atoms with Crippen LogP contribution in [0, 0.1) is 0 Å². The Kier molecular flexibility index (Phi) is 4.42. The maximum Gasteiger partial charge on any atom is 0.243 e. The third-order valence-corrected chi connectivity index (χ3v) is 4.68. The third kappa shape index (κ3) is 3.18. The Balaban J connectivity index is 2.28. The van der Waals surface area contributed by atoms with Crippen LogP contribution in [0.5, 0.6) is 0 Å². The fourth-order valence-corrected chi connectivity index (χ4v) is 3.46. The van der Waals surface area contributed by atoms with E-state index in [2.05, 4.69) is 10.0 Å². The summed E-state index contributed by atoms with van der Waals surface area (Å²) in [6.45, 7) is 1.83. The molecular formula is C15H18N2O2S. The molecule has 0 spiro atoms. The largest absolute Gasteiger partial charge is 0.387 e. The highest BCUT2D eigenvalue weighted by atomic mass is 32.2. The van der Waals surface area contributed by atoms with Gasteiger partial charge in [0.25, 0.3) is 0 Å². The Morgan fingerprint density at radius 1 is 0.950 bits per heavy atom. The minimum Gasteiger partial charge on any atom is -0.387 e. The maximum absolute atomic E-state index is 12.4. The van der Waals surface area contributed by atoms with Crippen LogP contribution < -0.4 is 10.0 Å². The third-order valence-electron chi connectivity index (χ3n) is 3.08. The Labute approximate surface area is 119 Å². The van der Waals surface area contributed by atoms with Gasteiger partial charge in [-0.1, -0.05) is 42.5 Å². The molecule has 0 radical (unpaired) electrons. The molecule has 0 bridgehead atoms. The molecule has 2 aromatic carbocycles. The van der Waals surface area contributed by atoms with Gasteiger partial charge in [0.1, 0.15) is 4.90 Å². The second-order valence-electron chi connectivity index (χ2n) is 4.50. The van der Waals surface area contributed by atoms with E-state index in [0.29, 0.717) is 5.69 Å². The fourth-order valence-electron chi connectivity index (χ4n) is 2.01. The van der Waals surface area contributed by atoms with Crippen LogP contribution in [0.15, 0.2) is 59.5 Å². The highest BCUT2D eigenvalue weighted by Crippen LogP contribution is 2.22. The quantitative estimate of drug-likeness (QED) is 0.890. The molecule has 0 fully saturated rings. The molecule has 5 heteroatoms. The van der Waals surface area contributed by atoms with E-state index in [0.717, 1.165) is 5.56 Å². The van der Waals surface area contributed by atoms with Crippen molar-refractivity contribution in [1.82, 2.24) is 4.72 Å². The normalized spacial score (nSPS) is 12.9. The number of hydrogen-bond donors (Lipinski definition) is 2. The summed E-state index contributed by atoms with van der Waals surface area (Å²) in [4.78, 5) is 0.255. The number of sulfonamides is 1. The van der Waals surface area contributed by atoms with Crippen molar-refractivity contribution in [3.8, 4) is 0 Å². The summed E-state index contributed by atoms with van der Waals surface area (Å²) in [6, 6.07) is 16.0. The molecule has 0 aliphatic rings. The van der Waals surface area contributed by atoms with E-state index in [9.17, 15) is 8.42 Å². The SMILES string of the molecule is CNc1ccccc1S(=O)(=O)NC(C)c1ccccc1. The lowest BCUT2D eigenvalue weighted by molar-refractivity contribution is 0.567. The molecule has 0 aromatic heterocycles. The number of benzene rings is 2. The summed E-state index contributed by atoms with van der Waals surface area (Å²) in [5, 5.41) is 2.90. The highest BCUT2D eigenvalue weighted by molar-refractivity contribution is 7.89. The molecule has 4 nitrogen and oxygen atoms in total. The second-order valence-corrected chi connectivity index (χ2v) is 6.18. The van der Waals surface area contributed by atoms with Crippen LogP contribution in [-0.2, 0) is 10.0 Å². The first kappa shape index (κ1) is 14.6. The molecule has 2 rings (SSSR count). The van der Waals surface area contributed by atoms with Crippen molar-refractivity contribution < 1.29 is 8.42 Å². The van der Waals surface area contributed by atoms with E-state index in [1.807, 2.05) is 37.3 Å². The molecule has 2 aromatic rings. The van der Waals surface area contributed by atoms with Crippen LogP contribution in [0.4, 0.5) is 5.69 Å². The van der Waals surface area contributed by atoms with Crippen molar-refractivity contribution in [2.45, 2.75) is 17.9 Å². The number of rotatable bonds is 5. The van der Waals surface area contributed by atoms with E-state index >= 15 is 0 Å². The minimum absolute atomic E-state index is 0.255. The van der Waals surface area contributed by atoms with E-state index < -0.39 is 10.0 Å². The Morgan fingerprint density at radius 3 is 2.20 bits per heavy atom. The first-order valence-electron chi connectivity index (χ1n) is 6.38. The van der Waals surface area contributed by atoms with Crippen molar-refractivity contribution in [2.75, 3.05) is 12.4 Å². The number of anilines is 1. The van der Waals surface area contributed by atoms with Crippen LogP contribution in [0.3, 0.4) is 0 Å². The molecule has 0 aliphatic carbocycles. The van der Waals surface area contributed by atoms with E-state index in [4.69, 9.17) is 0 Å². The maximum atomic E-state index is 12.4. The molecule has 0 aliphatic heterocycles. The number of hydrogen-bond acceptors (Lipinski definition) is 3. The lowest BCUT2D eigenvalue weighted by Crippen LogP contribution is -2.27. The highest BCUT2D eigenvalue weighted by Gasteiger charge is 2.20. The van der Waals surface area contributed by atoms with Gasteiger partial charge in [-0.2, -0.15) is 0 Å². The van der Waals surface area contributed by atoms with Gasteiger partial charge in [0.15, 0.2) is 0 Å². The molecule has 1 atom stereocenters. The molecule has 0 saturated carbocycles. The molecule has 0 amide bonds. The molecule has 1 unspecified atom stereocenters. The zero-order valence-corrected chi connectivity index (χ0v) is 12.3. The average molecular weight is 290 g/mol. The summed E-state index contributed by atoms with van der Waals surface area (Å²) in [7, 11) is -1.86. The first-order valence-corrected chi connectivity index (χ1v) is 7.87. The molecule has 0 heterocycles. The van der Waals surface area contributed by atoms with Crippen LogP contribution >= 0.6 is 0 Å². The van der Waals surface area contributed by atoms with Crippen molar-refractivity contribution in [3.63, 3.8) is 0 Å². The van der Waals surface area contributed by atoms with Crippen molar-refractivity contribution >= 4 is 15.7 Å². The molecular weight excluding hydrogens is 272 g/mol. The van der Waals surface area contributed by atoms with Crippen molar-refractivity contribution in [3.05, 3.63) is 60.2 Å². The van der Waals surface area contributed by atoms with E-state index in [-0.39, 0.29) is 10.9 Å². The topological polar surface area (TPSA) is 58.2 Å². The smallest absolute Gasteiger partial charge is 0.243 e. The van der Waals surface area contributed by atoms with Gasteiger partial charge in [0.05, 0.1) is 5.69 Å². The molecule has 2 N–H and O–H groups in total. The zero-order valence-electron chi connectivity index (χ0n) is 11.5. The predicted octanol–water partition coefficient (Wildman–Crippen LogP) is 2.77. The van der Waals surface area contributed by atoms with Crippen LogP contribution in [0.25, 0.3) is 0 Å². The van der Waals surface area contributed by atoms with Crippen molar-refractivity contribution in [1.29, 1.82) is 0 Å². The van der Waals surface area contributed by atoms with Gasteiger partial charge in [-0.15, -0.1) is 0 Å². The van der Waals surface area contributed by atoms with E-state index in [1.165, 1.54) is 0 Å². The van der Waals surface area contributed by atoms with Gasteiger partial charge in [-0.05, 0) is 24.6 Å². The molecule has 20 heavy (non-hydrogen) atoms. The number of para-hydroxylation sites is 1. The lowest BCUT2D eigenvalue weighted by atomic mass is 10.1. The van der Waals surface area contributed by atoms with Crippen LogP contribution in [0.1, 0.15) is 18.5 Å². The summed E-state index contributed by atoms with van der Waals surface area (Å²) in [6.07, 6.45) is 0. The van der Waals surface area contributed by atoms with Crippen molar-refractivity contribution in [2.24, 2.45) is 0 Å². The van der Waals surface area contributed by atoms with Gasteiger partial charge in [0, 0.05) is 13.1 Å². The van der Waals surface area contributed by atoms with Crippen LogP contribution in [0.2, 0.25) is 0 Å². The Morgan fingerprint density at radius 2 is 1.55 bits per heavy atom. The first-order chi connectivity index (χ1) is 9.54. The standard InChI is InChI=1S/C15H18N2O2S/c1-12(13-8-4-3-5-9-13)17-20(18,19)15-11-7-6-10-14(15)16-2/h3-12,16-17H,1-2H3. The van der Waals surface area contributed by atoms with Gasteiger partial charge in [-0.25, -0.2) is 13.1 Å². The zero-order chi connectivity index (χ0) is 14.6. The Bertz CT molecular complexity index is 669. The van der Waals surface area contributed by atoms with Gasteiger partial charge < -0.3 is 5.32 Å². The van der Waals surface area contributed by atoms with Gasteiger partial charge in [0.2, 0.25) is 10.0 Å². The fraction of sp³-hybridized carbons (Fsp3) is 0.200. The second kappa shape index (κ2) is 6.07. The van der Waals surface area contributed by atoms with E-state index in [1.54, 1.807) is 31.3 Å². The monoisotopic (exact) mass is 290 g/mol. The van der Waals surface area contributed by atoms with Gasteiger partial charge >= 0.3 is 0 Å². The molecule has 106 valence electrons. The summed E-state index contributed by atoms with van der Waals surface area (Å²) in [5.41, 5.74) is 1.51.